The molecule has 4 aliphatic carbocycles. The minimum atomic E-state index is -0.961. The maximum atomic E-state index is 15.2. The molecule has 4 saturated carbocycles. The molecule has 0 bridgehead atoms. The number of likely N-dealkylation sites (tertiary alicyclic amines) is 2. The Labute approximate surface area is 330 Å². The summed E-state index contributed by atoms with van der Waals surface area (Å²) in [4.78, 5) is 74.7. The summed E-state index contributed by atoms with van der Waals surface area (Å²) < 4.78 is 0. The molecular weight excluding hydrogens is 693 g/mol. The van der Waals surface area contributed by atoms with Crippen molar-refractivity contribution in [2.24, 2.45) is 33.5 Å². The first-order chi connectivity index (χ1) is 26.0. The lowest BCUT2D eigenvalue weighted by atomic mass is 9.73. The van der Waals surface area contributed by atoms with Crippen LogP contribution in [0.2, 0.25) is 0 Å². The van der Waals surface area contributed by atoms with Gasteiger partial charge in [0.25, 0.3) is 5.91 Å². The lowest BCUT2D eigenvalue weighted by molar-refractivity contribution is -0.145. The highest BCUT2D eigenvalue weighted by Crippen LogP contribution is 2.88. The summed E-state index contributed by atoms with van der Waals surface area (Å²) in [5.41, 5.74) is 0.0332. The van der Waals surface area contributed by atoms with Gasteiger partial charge in [-0.3, -0.25) is 24.0 Å². The lowest BCUT2D eigenvalue weighted by Gasteiger charge is -2.39. The second-order valence-corrected chi connectivity index (χ2v) is 19.9. The first-order valence-electron chi connectivity index (χ1n) is 21.9. The average molecular weight is 765 g/mol. The number of amides is 4. The Kier molecular flexibility index (Phi) is 12.2. The van der Waals surface area contributed by atoms with Gasteiger partial charge in [-0.25, -0.2) is 0 Å². The van der Waals surface area contributed by atoms with Gasteiger partial charge >= 0.3 is 0 Å². The number of piperidine rings is 1. The smallest absolute Gasteiger partial charge is 0.289 e. The van der Waals surface area contributed by atoms with Gasteiger partial charge in [0, 0.05) is 36.2 Å². The van der Waals surface area contributed by atoms with Crippen molar-refractivity contribution in [1.82, 2.24) is 31.1 Å². The third-order valence-corrected chi connectivity index (χ3v) is 15.3. The van der Waals surface area contributed by atoms with Crippen LogP contribution in [0.4, 0.5) is 0 Å². The first-order valence-corrected chi connectivity index (χ1v) is 21.9. The number of nitrogens with zero attached hydrogens (tertiary/aromatic N) is 2. The Morgan fingerprint density at radius 2 is 1.55 bits per heavy atom. The maximum absolute atomic E-state index is 15.2. The Morgan fingerprint density at radius 3 is 2.11 bits per heavy atom. The van der Waals surface area contributed by atoms with E-state index in [-0.39, 0.29) is 51.8 Å². The van der Waals surface area contributed by atoms with Gasteiger partial charge in [-0.15, -0.1) is 0 Å². The van der Waals surface area contributed by atoms with Crippen molar-refractivity contribution < 1.29 is 24.0 Å². The first kappa shape index (κ1) is 41.7. The maximum Gasteiger partial charge on any atom is 0.289 e. The van der Waals surface area contributed by atoms with E-state index in [2.05, 4.69) is 53.5 Å². The third kappa shape index (κ3) is 7.98. The molecule has 0 aromatic rings. The highest BCUT2D eigenvalue weighted by atomic mass is 16.2. The van der Waals surface area contributed by atoms with Crippen LogP contribution < -0.4 is 21.3 Å². The molecular formula is C44H72N6O5. The van der Waals surface area contributed by atoms with Crippen LogP contribution in [0, 0.1) is 33.5 Å². The molecule has 0 radical (unpaired) electrons. The molecule has 308 valence electrons. The predicted octanol–water partition coefficient (Wildman–Crippen LogP) is 5.23. The molecule has 0 aromatic carbocycles. The number of ketones is 1. The van der Waals surface area contributed by atoms with Crippen LogP contribution in [0.3, 0.4) is 0 Å². The van der Waals surface area contributed by atoms with E-state index in [1.807, 2.05) is 27.7 Å². The number of Topliss-reactive ketones (excluding diaryl/α,β-unsaturated/α-hetero) is 1. The Balaban J connectivity index is 1.25. The quantitative estimate of drug-likeness (QED) is 0.168. The fraction of sp³-hybridized carbons (Fsp3) is 0.841. The molecule has 2 heterocycles. The highest BCUT2D eigenvalue weighted by Gasteiger charge is 2.85. The fourth-order valence-electron chi connectivity index (χ4n) is 11.4. The molecule has 6 aliphatic rings. The number of rotatable bonds is 15. The topological polar surface area (TPSA) is 140 Å². The van der Waals surface area contributed by atoms with E-state index < -0.39 is 41.3 Å². The number of carbonyl (C=O) groups is 5. The molecule has 11 heteroatoms. The summed E-state index contributed by atoms with van der Waals surface area (Å²) in [6.07, 6.45) is 13.8. The summed E-state index contributed by atoms with van der Waals surface area (Å²) in [5.74, 6) is -1.72. The molecule has 6 fully saturated rings. The monoisotopic (exact) mass is 765 g/mol. The zero-order valence-electron chi connectivity index (χ0n) is 35.1. The predicted molar refractivity (Wildman–Crippen MR) is 214 cm³/mol. The Bertz CT molecular complexity index is 1490. The average Bonchev–Trinajstić information content (AvgIpc) is 3.96. The summed E-state index contributed by atoms with van der Waals surface area (Å²) >= 11 is 0. The number of fused-ring (bicyclic) bond motifs is 1. The van der Waals surface area contributed by atoms with Crippen LogP contribution in [-0.2, 0) is 24.0 Å². The summed E-state index contributed by atoms with van der Waals surface area (Å²) in [6.45, 7) is 22.5. The van der Waals surface area contributed by atoms with E-state index in [9.17, 15) is 19.2 Å². The van der Waals surface area contributed by atoms with E-state index >= 15 is 4.79 Å². The van der Waals surface area contributed by atoms with Crippen LogP contribution in [0.5, 0.6) is 0 Å². The number of hydrogen-bond donors (Lipinski definition) is 4. The zero-order chi connectivity index (χ0) is 39.9. The normalized spacial score (nSPS) is 29.1. The van der Waals surface area contributed by atoms with Crippen LogP contribution in [0.15, 0.2) is 12.3 Å². The molecule has 6 rings (SSSR count). The summed E-state index contributed by atoms with van der Waals surface area (Å²) in [5, 5.41) is 12.6. The fourth-order valence-corrected chi connectivity index (χ4v) is 11.4. The third-order valence-electron chi connectivity index (χ3n) is 15.3. The van der Waals surface area contributed by atoms with E-state index in [0.717, 1.165) is 102 Å². The van der Waals surface area contributed by atoms with Crippen molar-refractivity contribution in [3.8, 4) is 0 Å². The molecule has 55 heavy (non-hydrogen) atoms. The van der Waals surface area contributed by atoms with Crippen LogP contribution in [0.25, 0.3) is 0 Å². The van der Waals surface area contributed by atoms with Gasteiger partial charge < -0.3 is 31.1 Å². The molecule has 4 N–H and O–H groups in total. The van der Waals surface area contributed by atoms with Gasteiger partial charge in [-0.2, -0.15) is 0 Å². The SMILES string of the molecule is C=C(NC(C(=O)N[C@H](C(=O)N1C[C@]2(C[C@H]1C(=O)N[C@@H](CCC)C(=O)C(=O)NC1CC1)C(C)(C)C21CCC1)C(C)(C)C)C1CCCCC1)[C@H]1CCCN(CC)C1. The largest absolute Gasteiger partial charge is 0.377 e. The standard InChI is InChI=1S/C44H72N6O5/c1-9-16-32(35(51)39(54)46-31-20-21-31)47-37(52)33-25-44(42(7,8)43(44)22-15-23-43)27-50(33)40(55)36(41(4,5)6)48-38(53)34(29-17-12-11-13-18-29)45-28(3)30-19-14-24-49(10-2)26-30/h29-34,36,45H,3,9-27H2,1-2,4-8H3,(H,46,54)(H,47,52)(H,48,53)/t30-,32-,33-,34?,36+,44+/m0/s1. The molecule has 4 amide bonds. The minimum absolute atomic E-state index is 0.0298. The molecule has 0 aromatic heterocycles. The molecule has 1 unspecified atom stereocenters. The molecule has 11 nitrogen and oxygen atoms in total. The van der Waals surface area contributed by atoms with Gasteiger partial charge in [0.05, 0.1) is 6.04 Å². The molecule has 6 atom stereocenters. The highest BCUT2D eigenvalue weighted by molar-refractivity contribution is 6.38. The summed E-state index contributed by atoms with van der Waals surface area (Å²) in [6, 6.07) is -3.13. The van der Waals surface area contributed by atoms with Crippen molar-refractivity contribution in [1.29, 1.82) is 0 Å². The van der Waals surface area contributed by atoms with Gasteiger partial charge in [0.1, 0.15) is 18.1 Å². The van der Waals surface area contributed by atoms with E-state index in [1.54, 1.807) is 4.90 Å². The molecule has 2 saturated heterocycles. The van der Waals surface area contributed by atoms with Crippen molar-refractivity contribution in [2.45, 2.75) is 175 Å². The van der Waals surface area contributed by atoms with E-state index in [4.69, 9.17) is 0 Å². The lowest BCUT2D eigenvalue weighted by Crippen LogP contribution is -2.61. The van der Waals surface area contributed by atoms with Crippen molar-refractivity contribution >= 4 is 29.4 Å². The minimum Gasteiger partial charge on any atom is -0.377 e. The van der Waals surface area contributed by atoms with Crippen LogP contribution >= 0.6 is 0 Å². The Morgan fingerprint density at radius 1 is 0.855 bits per heavy atom. The van der Waals surface area contributed by atoms with Crippen LogP contribution in [-0.4, -0.2) is 95.6 Å². The van der Waals surface area contributed by atoms with E-state index in [1.165, 1.54) is 0 Å². The molecule has 2 aliphatic heterocycles. The van der Waals surface area contributed by atoms with Gasteiger partial charge in [-0.1, -0.05) is 87.1 Å². The van der Waals surface area contributed by atoms with Gasteiger partial charge in [0.15, 0.2) is 0 Å². The van der Waals surface area contributed by atoms with Crippen LogP contribution in [0.1, 0.15) is 145 Å². The van der Waals surface area contributed by atoms with Crippen molar-refractivity contribution in [2.75, 3.05) is 26.2 Å². The number of nitrogens with one attached hydrogen (secondary N) is 4. The summed E-state index contributed by atoms with van der Waals surface area (Å²) in [7, 11) is 0. The second-order valence-electron chi connectivity index (χ2n) is 19.9. The van der Waals surface area contributed by atoms with E-state index in [0.29, 0.717) is 25.8 Å². The zero-order valence-corrected chi connectivity index (χ0v) is 35.1. The Hall–Kier alpha value is -2.95. The van der Waals surface area contributed by atoms with Crippen molar-refractivity contribution in [3.63, 3.8) is 0 Å². The van der Waals surface area contributed by atoms with Gasteiger partial charge in [0.2, 0.25) is 23.5 Å². The van der Waals surface area contributed by atoms with Gasteiger partial charge in [-0.05, 0) is 99.5 Å². The number of hydrogen-bond acceptors (Lipinski definition) is 7. The number of carbonyl (C=O) groups excluding carboxylic acids is 5. The second kappa shape index (κ2) is 16.1. The molecule has 2 spiro atoms. The van der Waals surface area contributed by atoms with Crippen molar-refractivity contribution in [3.05, 3.63) is 12.3 Å².